The summed E-state index contributed by atoms with van der Waals surface area (Å²) in [5.74, 6) is 0.382. The molecule has 2 aromatic heterocycles. The Kier molecular flexibility index (Phi) is 5.97. The van der Waals surface area contributed by atoms with Gasteiger partial charge in [-0.05, 0) is 34.7 Å². The van der Waals surface area contributed by atoms with Crippen LogP contribution in [0.2, 0.25) is 0 Å². The van der Waals surface area contributed by atoms with Crippen molar-refractivity contribution in [3.8, 4) is 0 Å². The summed E-state index contributed by atoms with van der Waals surface area (Å²) in [5, 5.41) is 19.0. The Hall–Kier alpha value is -3.35. The fraction of sp³-hybridized carbons (Fsp3) is 0.125. The number of furan rings is 1. The van der Waals surface area contributed by atoms with E-state index in [0.29, 0.717) is 10.6 Å². The number of rotatable bonds is 7. The Morgan fingerprint density at radius 2 is 1.60 bits per heavy atom. The number of carbonyl (C=O) groups excluding carboxylic acids is 1. The van der Waals surface area contributed by atoms with Gasteiger partial charge in [0.05, 0.1) is 18.8 Å². The van der Waals surface area contributed by atoms with E-state index in [9.17, 15) is 9.90 Å². The number of carbonyl (C=O) groups is 1. The van der Waals surface area contributed by atoms with Crippen LogP contribution in [0, 0.1) is 0 Å². The van der Waals surface area contributed by atoms with Crippen LogP contribution in [-0.2, 0) is 5.60 Å². The largest absolute Gasteiger partial charge is 0.466 e. The maximum Gasteiger partial charge on any atom is 0.315 e. The van der Waals surface area contributed by atoms with Gasteiger partial charge in [0.15, 0.2) is 5.60 Å². The van der Waals surface area contributed by atoms with Crippen LogP contribution in [0.5, 0.6) is 0 Å². The summed E-state index contributed by atoms with van der Waals surface area (Å²) in [6.07, 6.45) is 1.51. The lowest BCUT2D eigenvalue weighted by Gasteiger charge is -2.26. The zero-order valence-electron chi connectivity index (χ0n) is 16.2. The molecule has 0 saturated heterocycles. The summed E-state index contributed by atoms with van der Waals surface area (Å²) >= 11 is 1.41. The molecular weight excluding hydrogens is 396 g/mol. The zero-order chi connectivity index (χ0) is 20.8. The first-order valence-electron chi connectivity index (χ1n) is 9.61. The van der Waals surface area contributed by atoms with Crippen LogP contribution in [0.1, 0.15) is 27.8 Å². The van der Waals surface area contributed by atoms with Crippen LogP contribution in [0.4, 0.5) is 4.79 Å². The van der Waals surface area contributed by atoms with Gasteiger partial charge in [0.2, 0.25) is 0 Å². The monoisotopic (exact) mass is 418 g/mol. The third-order valence-electron chi connectivity index (χ3n) is 4.90. The van der Waals surface area contributed by atoms with Crippen molar-refractivity contribution in [3.05, 3.63) is 118 Å². The highest BCUT2D eigenvalue weighted by Crippen LogP contribution is 2.32. The van der Waals surface area contributed by atoms with Crippen molar-refractivity contribution in [3.63, 3.8) is 0 Å². The second kappa shape index (κ2) is 8.98. The highest BCUT2D eigenvalue weighted by Gasteiger charge is 2.36. The number of nitrogens with one attached hydrogen (secondary N) is 2. The van der Waals surface area contributed by atoms with Gasteiger partial charge in [-0.25, -0.2) is 4.79 Å². The van der Waals surface area contributed by atoms with Crippen LogP contribution >= 0.6 is 11.3 Å². The van der Waals surface area contributed by atoms with Gasteiger partial charge in [-0.1, -0.05) is 66.7 Å². The first-order chi connectivity index (χ1) is 14.7. The van der Waals surface area contributed by atoms with E-state index in [4.69, 9.17) is 4.42 Å². The molecule has 0 bridgehead atoms. The first-order valence-corrected chi connectivity index (χ1v) is 10.5. The molecule has 1 atom stereocenters. The Balaban J connectivity index is 1.52. The molecule has 4 aromatic rings. The molecule has 3 N–H and O–H groups in total. The molecule has 0 aliphatic rings. The molecule has 0 saturated carbocycles. The van der Waals surface area contributed by atoms with Gasteiger partial charge in [-0.2, -0.15) is 0 Å². The third-order valence-corrected chi connectivity index (χ3v) is 5.92. The van der Waals surface area contributed by atoms with E-state index in [0.717, 1.165) is 11.1 Å². The number of thiophene rings is 1. The minimum atomic E-state index is -1.44. The van der Waals surface area contributed by atoms with Gasteiger partial charge in [-0.15, -0.1) is 11.3 Å². The van der Waals surface area contributed by atoms with Crippen molar-refractivity contribution >= 4 is 17.4 Å². The predicted molar refractivity (Wildman–Crippen MR) is 117 cm³/mol. The summed E-state index contributed by atoms with van der Waals surface area (Å²) < 4.78 is 5.46. The standard InChI is InChI=1S/C24H22N2O3S/c27-23(25-17-24(28,20-13-7-15-29-20)21-14-8-16-30-21)26-22(18-9-3-1-4-10-18)19-11-5-2-6-12-19/h1-16,22,28H,17H2,(H2,25,26,27). The predicted octanol–water partition coefficient (Wildman–Crippen LogP) is 4.67. The Morgan fingerprint density at radius 1 is 0.933 bits per heavy atom. The van der Waals surface area contributed by atoms with Gasteiger partial charge < -0.3 is 20.2 Å². The van der Waals surface area contributed by atoms with Gasteiger partial charge >= 0.3 is 6.03 Å². The van der Waals surface area contributed by atoms with E-state index in [1.54, 1.807) is 12.1 Å². The topological polar surface area (TPSA) is 74.5 Å². The summed E-state index contributed by atoms with van der Waals surface area (Å²) in [4.78, 5) is 13.5. The molecule has 2 heterocycles. The summed E-state index contributed by atoms with van der Waals surface area (Å²) in [6.45, 7) is -0.0246. The molecule has 4 rings (SSSR count). The SMILES string of the molecule is O=C(NCC(O)(c1ccco1)c1cccs1)NC(c1ccccc1)c1ccccc1. The van der Waals surface area contributed by atoms with E-state index in [-0.39, 0.29) is 18.6 Å². The number of urea groups is 1. The van der Waals surface area contributed by atoms with Crippen molar-refractivity contribution in [2.75, 3.05) is 6.54 Å². The molecule has 0 aliphatic carbocycles. The van der Waals surface area contributed by atoms with Gasteiger partial charge in [0.1, 0.15) is 5.76 Å². The second-order valence-corrected chi connectivity index (χ2v) is 7.84. The molecule has 6 heteroatoms. The molecule has 0 aliphatic heterocycles. The summed E-state index contributed by atoms with van der Waals surface area (Å²) in [6, 6.07) is 26.0. The van der Waals surface area contributed by atoms with Crippen molar-refractivity contribution in [2.45, 2.75) is 11.6 Å². The molecule has 0 radical (unpaired) electrons. The minimum Gasteiger partial charge on any atom is -0.466 e. The van der Waals surface area contributed by atoms with Gasteiger partial charge in [-0.3, -0.25) is 0 Å². The fourth-order valence-corrected chi connectivity index (χ4v) is 4.19. The fourth-order valence-electron chi connectivity index (χ4n) is 3.36. The molecule has 2 aromatic carbocycles. The maximum absolute atomic E-state index is 12.8. The molecular formula is C24H22N2O3S. The van der Waals surface area contributed by atoms with Gasteiger partial charge in [0.25, 0.3) is 0 Å². The highest BCUT2D eigenvalue weighted by molar-refractivity contribution is 7.10. The zero-order valence-corrected chi connectivity index (χ0v) is 17.0. The number of benzene rings is 2. The lowest BCUT2D eigenvalue weighted by molar-refractivity contribution is 0.0622. The van der Waals surface area contributed by atoms with Crippen LogP contribution in [0.15, 0.2) is 101 Å². The van der Waals surface area contributed by atoms with Crippen molar-refractivity contribution < 1.29 is 14.3 Å². The average Bonchev–Trinajstić information content (AvgIpc) is 3.52. The Morgan fingerprint density at radius 3 is 2.13 bits per heavy atom. The Bertz CT molecular complexity index is 975. The van der Waals surface area contributed by atoms with E-state index in [1.807, 2.05) is 78.2 Å². The molecule has 2 amide bonds. The molecule has 0 spiro atoms. The average molecular weight is 419 g/mol. The first kappa shape index (κ1) is 19.9. The third kappa shape index (κ3) is 4.30. The highest BCUT2D eigenvalue weighted by atomic mass is 32.1. The molecule has 30 heavy (non-hydrogen) atoms. The van der Waals surface area contributed by atoms with E-state index >= 15 is 0 Å². The second-order valence-electron chi connectivity index (χ2n) is 6.90. The quantitative estimate of drug-likeness (QED) is 0.408. The molecule has 0 fully saturated rings. The van der Waals surface area contributed by atoms with Crippen LogP contribution in [0.3, 0.4) is 0 Å². The number of hydrogen-bond donors (Lipinski definition) is 3. The normalized spacial score (nSPS) is 13.0. The van der Waals surface area contributed by atoms with Crippen molar-refractivity contribution in [1.29, 1.82) is 0 Å². The smallest absolute Gasteiger partial charge is 0.315 e. The molecule has 1 unspecified atom stereocenters. The lowest BCUT2D eigenvalue weighted by atomic mass is 9.98. The molecule has 5 nitrogen and oxygen atoms in total. The Labute approximate surface area is 179 Å². The van der Waals surface area contributed by atoms with E-state index < -0.39 is 5.60 Å². The summed E-state index contributed by atoms with van der Waals surface area (Å²) in [5.41, 5.74) is 0.501. The number of amides is 2. The summed E-state index contributed by atoms with van der Waals surface area (Å²) in [7, 11) is 0. The van der Waals surface area contributed by atoms with E-state index in [2.05, 4.69) is 10.6 Å². The van der Waals surface area contributed by atoms with Crippen molar-refractivity contribution in [2.24, 2.45) is 0 Å². The molecule has 152 valence electrons. The van der Waals surface area contributed by atoms with Gasteiger partial charge in [0, 0.05) is 4.88 Å². The van der Waals surface area contributed by atoms with Crippen LogP contribution in [-0.4, -0.2) is 17.7 Å². The van der Waals surface area contributed by atoms with E-state index in [1.165, 1.54) is 17.6 Å². The maximum atomic E-state index is 12.8. The van der Waals surface area contributed by atoms with Crippen LogP contribution in [0.25, 0.3) is 0 Å². The van der Waals surface area contributed by atoms with Crippen molar-refractivity contribution in [1.82, 2.24) is 10.6 Å². The minimum absolute atomic E-state index is 0.0246. The lowest BCUT2D eigenvalue weighted by Crippen LogP contribution is -2.46. The number of hydrogen-bond acceptors (Lipinski definition) is 4. The van der Waals surface area contributed by atoms with Crippen LogP contribution < -0.4 is 10.6 Å². The number of aliphatic hydroxyl groups is 1.